The largest absolute Gasteiger partial charge is 0.461 e. The second kappa shape index (κ2) is 4.90. The molecule has 1 saturated carbocycles. The first-order valence-corrected chi connectivity index (χ1v) is 7.91. The third-order valence-electron chi connectivity index (χ3n) is 5.83. The summed E-state index contributed by atoms with van der Waals surface area (Å²) in [5.74, 6) is -2.22. The van der Waals surface area contributed by atoms with E-state index in [0.717, 1.165) is 0 Å². The Morgan fingerprint density at radius 3 is 2.65 bits per heavy atom. The first kappa shape index (κ1) is 16.2. The Morgan fingerprint density at radius 2 is 2.04 bits per heavy atom. The van der Waals surface area contributed by atoms with Crippen molar-refractivity contribution in [3.8, 4) is 0 Å². The van der Waals surface area contributed by atoms with E-state index in [1.54, 1.807) is 26.8 Å². The fourth-order valence-electron chi connectivity index (χ4n) is 4.59. The van der Waals surface area contributed by atoms with Gasteiger partial charge in [-0.2, -0.15) is 0 Å². The monoisotopic (exact) mass is 322 g/mol. The number of carbonyl (C=O) groups is 3. The van der Waals surface area contributed by atoms with Crippen LogP contribution in [0.3, 0.4) is 0 Å². The van der Waals surface area contributed by atoms with Crippen LogP contribution in [-0.2, 0) is 23.9 Å². The summed E-state index contributed by atoms with van der Waals surface area (Å²) in [4.78, 5) is 36.0. The molecule has 7 atom stereocenters. The zero-order valence-electron chi connectivity index (χ0n) is 13.7. The predicted octanol–water partition coefficient (Wildman–Crippen LogP) is 1.01. The van der Waals surface area contributed by atoms with Crippen molar-refractivity contribution in [1.29, 1.82) is 0 Å². The maximum Gasteiger partial charge on any atom is 0.309 e. The van der Waals surface area contributed by atoms with Gasteiger partial charge in [0.05, 0.1) is 5.92 Å². The van der Waals surface area contributed by atoms with Gasteiger partial charge in [-0.15, -0.1) is 0 Å². The summed E-state index contributed by atoms with van der Waals surface area (Å²) in [7, 11) is 0. The van der Waals surface area contributed by atoms with E-state index in [1.807, 2.05) is 0 Å². The molecule has 2 fully saturated rings. The molecule has 3 aliphatic rings. The first-order valence-electron chi connectivity index (χ1n) is 7.91. The molecule has 0 amide bonds. The number of ketones is 1. The highest BCUT2D eigenvalue weighted by atomic mass is 16.6. The normalized spacial score (nSPS) is 48.5. The van der Waals surface area contributed by atoms with Crippen LogP contribution in [-0.4, -0.2) is 40.6 Å². The summed E-state index contributed by atoms with van der Waals surface area (Å²) in [6.45, 7) is 6.34. The van der Waals surface area contributed by atoms with Gasteiger partial charge in [-0.05, 0) is 13.0 Å². The number of esters is 2. The van der Waals surface area contributed by atoms with E-state index >= 15 is 0 Å². The lowest BCUT2D eigenvalue weighted by Crippen LogP contribution is -2.51. The fraction of sp³-hybridized carbons (Fsp3) is 0.706. The Balaban J connectivity index is 2.08. The summed E-state index contributed by atoms with van der Waals surface area (Å²) < 4.78 is 10.8. The standard InChI is InChI=1S/C17H22O6/c1-8-10-5-6-11(19)16(3)7-12(22-9(2)18)17(4,21)14(16)13(10)23-15(8)20/h5-6,8,10,12-14,21H,7H2,1-4H3/t8-,10-,12-,13-,14+,16+,17+/m0/s1. The molecule has 1 N–H and O–H groups in total. The van der Waals surface area contributed by atoms with Crippen molar-refractivity contribution in [3.63, 3.8) is 0 Å². The van der Waals surface area contributed by atoms with Crippen molar-refractivity contribution in [1.82, 2.24) is 0 Å². The Morgan fingerprint density at radius 1 is 1.39 bits per heavy atom. The van der Waals surface area contributed by atoms with E-state index in [1.165, 1.54) is 13.0 Å². The predicted molar refractivity (Wildman–Crippen MR) is 79.1 cm³/mol. The number of aliphatic hydroxyl groups is 1. The molecule has 1 aliphatic heterocycles. The van der Waals surface area contributed by atoms with Crippen molar-refractivity contribution in [3.05, 3.63) is 12.2 Å². The minimum atomic E-state index is -1.45. The highest BCUT2D eigenvalue weighted by Gasteiger charge is 2.67. The van der Waals surface area contributed by atoms with Gasteiger partial charge in [0.2, 0.25) is 0 Å². The van der Waals surface area contributed by atoms with Gasteiger partial charge in [0.15, 0.2) is 5.78 Å². The number of ether oxygens (including phenoxy) is 2. The molecule has 0 aromatic heterocycles. The lowest BCUT2D eigenvalue weighted by atomic mass is 9.68. The van der Waals surface area contributed by atoms with Gasteiger partial charge < -0.3 is 14.6 Å². The molecular formula is C17H22O6. The number of rotatable bonds is 1. The van der Waals surface area contributed by atoms with Crippen LogP contribution in [0.25, 0.3) is 0 Å². The average molecular weight is 322 g/mol. The third kappa shape index (κ3) is 2.15. The Kier molecular flexibility index (Phi) is 3.45. The number of fused-ring (bicyclic) bond motifs is 3. The van der Waals surface area contributed by atoms with E-state index in [9.17, 15) is 19.5 Å². The molecule has 0 aromatic carbocycles. The molecule has 0 unspecified atom stereocenters. The minimum Gasteiger partial charge on any atom is -0.461 e. The van der Waals surface area contributed by atoms with Gasteiger partial charge in [0, 0.05) is 30.6 Å². The van der Waals surface area contributed by atoms with E-state index in [0.29, 0.717) is 0 Å². The molecule has 0 spiro atoms. The molecule has 0 aromatic rings. The van der Waals surface area contributed by atoms with Crippen molar-refractivity contribution in [2.75, 3.05) is 0 Å². The van der Waals surface area contributed by atoms with Gasteiger partial charge in [0.1, 0.15) is 17.8 Å². The highest BCUT2D eigenvalue weighted by Crippen LogP contribution is 2.57. The molecule has 1 heterocycles. The van der Waals surface area contributed by atoms with Gasteiger partial charge in [0.25, 0.3) is 0 Å². The lowest BCUT2D eigenvalue weighted by molar-refractivity contribution is -0.170. The van der Waals surface area contributed by atoms with Crippen molar-refractivity contribution < 1.29 is 29.0 Å². The summed E-state index contributed by atoms with van der Waals surface area (Å²) in [5.41, 5.74) is -2.39. The lowest BCUT2D eigenvalue weighted by Gasteiger charge is -2.38. The number of hydrogen-bond donors (Lipinski definition) is 1. The first-order chi connectivity index (χ1) is 10.6. The molecule has 126 valence electrons. The van der Waals surface area contributed by atoms with Crippen LogP contribution in [0.1, 0.15) is 34.1 Å². The number of hydrogen-bond acceptors (Lipinski definition) is 6. The molecule has 0 bridgehead atoms. The number of allylic oxidation sites excluding steroid dienone is 1. The number of carbonyl (C=O) groups excluding carboxylic acids is 3. The minimum absolute atomic E-state index is 0.130. The van der Waals surface area contributed by atoms with Crippen molar-refractivity contribution in [2.24, 2.45) is 23.2 Å². The molecule has 3 rings (SSSR count). The second-order valence-electron chi connectivity index (χ2n) is 7.41. The molecule has 2 aliphatic carbocycles. The van der Waals surface area contributed by atoms with Gasteiger partial charge in [-0.1, -0.05) is 19.9 Å². The molecular weight excluding hydrogens is 300 g/mol. The SMILES string of the molecule is CC(=O)O[C@H]1C[C@]2(C)C(=O)C=C[C@@H]3[C@H](OC(=O)[C@H]3C)[C@H]2[C@]1(C)O. The van der Waals surface area contributed by atoms with Gasteiger partial charge in [-0.3, -0.25) is 14.4 Å². The molecule has 0 radical (unpaired) electrons. The highest BCUT2D eigenvalue weighted by molar-refractivity contribution is 5.96. The summed E-state index contributed by atoms with van der Waals surface area (Å²) in [6.07, 6.45) is 2.02. The van der Waals surface area contributed by atoms with Crippen LogP contribution in [0, 0.1) is 23.2 Å². The zero-order valence-corrected chi connectivity index (χ0v) is 13.7. The van der Waals surface area contributed by atoms with Crippen LogP contribution >= 0.6 is 0 Å². The van der Waals surface area contributed by atoms with Gasteiger partial charge in [-0.25, -0.2) is 0 Å². The summed E-state index contributed by atoms with van der Waals surface area (Å²) in [5, 5.41) is 11.1. The molecule has 1 saturated heterocycles. The smallest absolute Gasteiger partial charge is 0.309 e. The second-order valence-corrected chi connectivity index (χ2v) is 7.41. The van der Waals surface area contributed by atoms with Crippen molar-refractivity contribution in [2.45, 2.75) is 51.9 Å². The van der Waals surface area contributed by atoms with Crippen LogP contribution in [0.4, 0.5) is 0 Å². The van der Waals surface area contributed by atoms with E-state index in [-0.39, 0.29) is 30.0 Å². The topological polar surface area (TPSA) is 89.9 Å². The van der Waals surface area contributed by atoms with E-state index < -0.39 is 35.1 Å². The Hall–Kier alpha value is -1.69. The molecule has 23 heavy (non-hydrogen) atoms. The maximum atomic E-state index is 12.7. The fourth-order valence-corrected chi connectivity index (χ4v) is 4.59. The summed E-state index contributed by atoms with van der Waals surface area (Å²) >= 11 is 0. The average Bonchev–Trinajstić information content (AvgIpc) is 2.75. The Labute approximate surface area is 134 Å². The van der Waals surface area contributed by atoms with E-state index in [4.69, 9.17) is 9.47 Å². The van der Waals surface area contributed by atoms with Crippen molar-refractivity contribution >= 4 is 17.7 Å². The van der Waals surface area contributed by atoms with Crippen LogP contribution in [0.15, 0.2) is 12.2 Å². The van der Waals surface area contributed by atoms with E-state index in [2.05, 4.69) is 0 Å². The quantitative estimate of drug-likeness (QED) is 0.725. The van der Waals surface area contributed by atoms with Gasteiger partial charge >= 0.3 is 11.9 Å². The summed E-state index contributed by atoms with van der Waals surface area (Å²) in [6, 6.07) is 0. The molecule has 6 nitrogen and oxygen atoms in total. The van der Waals surface area contributed by atoms with Crippen LogP contribution < -0.4 is 0 Å². The zero-order chi connectivity index (χ0) is 17.2. The molecule has 6 heteroatoms. The maximum absolute atomic E-state index is 12.7. The Bertz CT molecular complexity index is 606. The third-order valence-corrected chi connectivity index (χ3v) is 5.83. The van der Waals surface area contributed by atoms with Crippen LogP contribution in [0.5, 0.6) is 0 Å². The van der Waals surface area contributed by atoms with Crippen LogP contribution in [0.2, 0.25) is 0 Å².